The van der Waals surface area contributed by atoms with Crippen LogP contribution in [0.1, 0.15) is 31.8 Å². The minimum atomic E-state index is 0.299. The third kappa shape index (κ3) is 1.94. The summed E-state index contributed by atoms with van der Waals surface area (Å²) >= 11 is 6.88. The summed E-state index contributed by atoms with van der Waals surface area (Å²) in [6, 6.07) is 0.299. The lowest BCUT2D eigenvalue weighted by Crippen LogP contribution is -2.02. The monoisotopic (exact) mass is 254 g/mol. The Bertz CT molecular complexity index is 535. The quantitative estimate of drug-likeness (QED) is 0.856. The Morgan fingerprint density at radius 2 is 2.31 bits per heavy atom. The highest BCUT2D eigenvalue weighted by atomic mass is 32.1. The number of aromatic amines is 1. The molecule has 0 unspecified atom stereocenters. The van der Waals surface area contributed by atoms with E-state index in [0.29, 0.717) is 10.8 Å². The molecule has 0 radical (unpaired) electrons. The van der Waals surface area contributed by atoms with Gasteiger partial charge in [0.1, 0.15) is 0 Å². The van der Waals surface area contributed by atoms with E-state index in [0.717, 1.165) is 22.1 Å². The van der Waals surface area contributed by atoms with Crippen LogP contribution >= 0.6 is 23.6 Å². The second kappa shape index (κ2) is 4.47. The number of aryl methyl sites for hydroxylation is 1. The van der Waals surface area contributed by atoms with Crippen LogP contribution in [0.15, 0.2) is 6.20 Å². The van der Waals surface area contributed by atoms with Gasteiger partial charge in [-0.1, -0.05) is 6.92 Å². The molecule has 1 N–H and O–H groups in total. The second-order valence-corrected chi connectivity index (χ2v) is 5.29. The normalized spacial score (nSPS) is 11.2. The first kappa shape index (κ1) is 11.5. The van der Waals surface area contributed by atoms with Crippen molar-refractivity contribution < 1.29 is 0 Å². The molecular weight excluding hydrogens is 240 g/mol. The average molecular weight is 254 g/mol. The molecule has 6 heteroatoms. The van der Waals surface area contributed by atoms with Gasteiger partial charge in [-0.3, -0.25) is 9.67 Å². The molecule has 86 valence electrons. The third-order valence-corrected chi connectivity index (χ3v) is 3.72. The smallest absolute Gasteiger partial charge is 0.195 e. The van der Waals surface area contributed by atoms with E-state index in [2.05, 4.69) is 36.0 Å². The van der Waals surface area contributed by atoms with Crippen LogP contribution in [0.5, 0.6) is 0 Å². The number of H-pyrrole nitrogens is 1. The Kier molecular flexibility index (Phi) is 3.20. The molecule has 0 aliphatic heterocycles. The van der Waals surface area contributed by atoms with Crippen molar-refractivity contribution in [1.29, 1.82) is 0 Å². The van der Waals surface area contributed by atoms with Gasteiger partial charge in [-0.15, -0.1) is 11.3 Å². The summed E-state index contributed by atoms with van der Waals surface area (Å²) in [5.41, 5.74) is 0. The van der Waals surface area contributed by atoms with Gasteiger partial charge in [-0.2, -0.15) is 5.10 Å². The number of aromatic nitrogens is 4. The molecule has 4 nitrogen and oxygen atoms in total. The molecule has 0 spiro atoms. The lowest BCUT2D eigenvalue weighted by atomic mass is 10.3. The minimum absolute atomic E-state index is 0.299. The molecule has 0 aromatic carbocycles. The summed E-state index contributed by atoms with van der Waals surface area (Å²) in [5, 5.41) is 8.23. The van der Waals surface area contributed by atoms with Gasteiger partial charge in [0, 0.05) is 12.2 Å². The lowest BCUT2D eigenvalue weighted by molar-refractivity contribution is 0.597. The highest BCUT2D eigenvalue weighted by molar-refractivity contribution is 7.71. The Labute approximate surface area is 103 Å². The summed E-state index contributed by atoms with van der Waals surface area (Å²) in [6.07, 6.45) is 2.82. The maximum absolute atomic E-state index is 5.21. The van der Waals surface area contributed by atoms with Gasteiger partial charge in [-0.05, 0) is 32.5 Å². The Hall–Kier alpha value is -1.01. The maximum Gasteiger partial charge on any atom is 0.195 e. The van der Waals surface area contributed by atoms with E-state index in [9.17, 15) is 0 Å². The zero-order chi connectivity index (χ0) is 11.7. The third-order valence-electron chi connectivity index (χ3n) is 2.30. The van der Waals surface area contributed by atoms with Crippen molar-refractivity contribution in [2.45, 2.75) is 33.2 Å². The summed E-state index contributed by atoms with van der Waals surface area (Å²) < 4.78 is 2.68. The van der Waals surface area contributed by atoms with Gasteiger partial charge in [0.2, 0.25) is 0 Å². The zero-order valence-electron chi connectivity index (χ0n) is 9.52. The average Bonchev–Trinajstić information content (AvgIpc) is 2.82. The molecule has 0 amide bonds. The van der Waals surface area contributed by atoms with Crippen molar-refractivity contribution in [1.82, 2.24) is 19.7 Å². The number of hydrogen-bond acceptors (Lipinski definition) is 4. The first-order valence-corrected chi connectivity index (χ1v) is 6.48. The van der Waals surface area contributed by atoms with Crippen LogP contribution in [0.3, 0.4) is 0 Å². The summed E-state index contributed by atoms with van der Waals surface area (Å²) in [7, 11) is 0. The summed E-state index contributed by atoms with van der Waals surface area (Å²) in [6.45, 7) is 6.29. The van der Waals surface area contributed by atoms with Gasteiger partial charge in [0.05, 0.1) is 9.88 Å². The molecule has 2 aromatic heterocycles. The van der Waals surface area contributed by atoms with Crippen LogP contribution in [0.2, 0.25) is 0 Å². The van der Waals surface area contributed by atoms with Crippen molar-refractivity contribution in [2.24, 2.45) is 0 Å². The number of thiazole rings is 1. The number of nitrogens with zero attached hydrogens (tertiary/aromatic N) is 3. The van der Waals surface area contributed by atoms with Crippen LogP contribution in [-0.4, -0.2) is 19.7 Å². The van der Waals surface area contributed by atoms with E-state index >= 15 is 0 Å². The second-order valence-electron chi connectivity index (χ2n) is 3.79. The topological polar surface area (TPSA) is 46.5 Å². The summed E-state index contributed by atoms with van der Waals surface area (Å²) in [4.78, 5) is 5.41. The largest absolute Gasteiger partial charge is 0.297 e. The minimum Gasteiger partial charge on any atom is -0.297 e. The molecule has 0 atom stereocenters. The van der Waals surface area contributed by atoms with E-state index in [1.165, 1.54) is 0 Å². The molecule has 0 saturated heterocycles. The first-order valence-electron chi connectivity index (χ1n) is 5.25. The highest BCUT2D eigenvalue weighted by Crippen LogP contribution is 2.26. The molecule has 2 heterocycles. The molecular formula is C10H14N4S2. The fourth-order valence-electron chi connectivity index (χ4n) is 1.53. The molecule has 0 aliphatic carbocycles. The first-order chi connectivity index (χ1) is 7.63. The lowest BCUT2D eigenvalue weighted by Gasteiger charge is -2.08. The maximum atomic E-state index is 5.21. The summed E-state index contributed by atoms with van der Waals surface area (Å²) in [5.74, 6) is 0.886. The van der Waals surface area contributed by atoms with Crippen molar-refractivity contribution in [3.63, 3.8) is 0 Å². The van der Waals surface area contributed by atoms with Crippen LogP contribution in [0, 0.1) is 4.77 Å². The fourth-order valence-corrected chi connectivity index (χ4v) is 2.72. The standard InChI is InChI=1S/C10H14N4S2/c1-4-8-11-5-7(16-8)9-12-13-10(15)14(9)6(2)3/h5-6H,4H2,1-3H3,(H,13,15). The van der Waals surface area contributed by atoms with Crippen LogP contribution in [-0.2, 0) is 6.42 Å². The predicted octanol–water partition coefficient (Wildman–Crippen LogP) is 3.21. The van der Waals surface area contributed by atoms with E-state index in [-0.39, 0.29) is 0 Å². The predicted molar refractivity (Wildman–Crippen MR) is 68.3 cm³/mol. The number of hydrogen-bond donors (Lipinski definition) is 1. The fraction of sp³-hybridized carbons (Fsp3) is 0.500. The van der Waals surface area contributed by atoms with Gasteiger partial charge in [0.25, 0.3) is 0 Å². The van der Waals surface area contributed by atoms with Gasteiger partial charge < -0.3 is 0 Å². The van der Waals surface area contributed by atoms with Gasteiger partial charge in [0.15, 0.2) is 10.6 Å². The molecule has 2 rings (SSSR count). The Balaban J connectivity index is 2.51. The van der Waals surface area contributed by atoms with Crippen LogP contribution in [0.4, 0.5) is 0 Å². The molecule has 0 bridgehead atoms. The van der Waals surface area contributed by atoms with Crippen molar-refractivity contribution in [3.8, 4) is 10.7 Å². The zero-order valence-corrected chi connectivity index (χ0v) is 11.2. The van der Waals surface area contributed by atoms with E-state index < -0.39 is 0 Å². The molecule has 16 heavy (non-hydrogen) atoms. The molecule has 0 aliphatic rings. The van der Waals surface area contributed by atoms with Crippen LogP contribution in [0.25, 0.3) is 10.7 Å². The van der Waals surface area contributed by atoms with Crippen molar-refractivity contribution >= 4 is 23.6 Å². The molecule has 0 saturated carbocycles. The number of rotatable bonds is 3. The Morgan fingerprint density at radius 3 is 2.88 bits per heavy atom. The van der Waals surface area contributed by atoms with Crippen molar-refractivity contribution in [3.05, 3.63) is 16.0 Å². The molecule has 0 fully saturated rings. The molecule has 2 aromatic rings. The Morgan fingerprint density at radius 1 is 1.56 bits per heavy atom. The van der Waals surface area contributed by atoms with E-state index in [4.69, 9.17) is 12.2 Å². The van der Waals surface area contributed by atoms with E-state index in [1.54, 1.807) is 11.3 Å². The number of nitrogens with one attached hydrogen (secondary N) is 1. The SMILES string of the molecule is CCc1ncc(-c2n[nH]c(=S)n2C(C)C)s1. The highest BCUT2D eigenvalue weighted by Gasteiger charge is 2.13. The van der Waals surface area contributed by atoms with Crippen LogP contribution < -0.4 is 0 Å². The van der Waals surface area contributed by atoms with Gasteiger partial charge >= 0.3 is 0 Å². The van der Waals surface area contributed by atoms with E-state index in [1.807, 2.05) is 10.8 Å². The van der Waals surface area contributed by atoms with Gasteiger partial charge in [-0.25, -0.2) is 4.98 Å². The van der Waals surface area contributed by atoms with Crippen molar-refractivity contribution in [2.75, 3.05) is 0 Å².